The molecule has 102 valence electrons. The van der Waals surface area contributed by atoms with Crippen LogP contribution in [0.5, 0.6) is 5.75 Å². The van der Waals surface area contributed by atoms with Gasteiger partial charge in [0.2, 0.25) is 5.91 Å². The quantitative estimate of drug-likeness (QED) is 0.781. The van der Waals surface area contributed by atoms with Gasteiger partial charge in [0.05, 0.1) is 7.11 Å². The van der Waals surface area contributed by atoms with Gasteiger partial charge in [0.25, 0.3) is 0 Å². The van der Waals surface area contributed by atoms with Crippen molar-refractivity contribution in [1.82, 2.24) is 4.90 Å². The number of amides is 1. The van der Waals surface area contributed by atoms with Gasteiger partial charge in [-0.05, 0) is 30.9 Å². The SMILES string of the molecule is COc1ccccc1/C=C/C(=O)N1CCC[C@H](C)C1. The number of nitrogens with zero attached hydrogens (tertiary/aromatic N) is 1. The van der Waals surface area contributed by atoms with Crippen LogP contribution in [0.2, 0.25) is 0 Å². The van der Waals surface area contributed by atoms with Crippen molar-refractivity contribution in [3.05, 3.63) is 35.9 Å². The lowest BCUT2D eigenvalue weighted by Crippen LogP contribution is -2.38. The molecule has 1 aromatic carbocycles. The normalized spacial score (nSPS) is 19.7. The summed E-state index contributed by atoms with van der Waals surface area (Å²) in [5.41, 5.74) is 0.934. The van der Waals surface area contributed by atoms with Crippen molar-refractivity contribution in [2.75, 3.05) is 20.2 Å². The maximum atomic E-state index is 12.1. The first kappa shape index (κ1) is 13.7. The summed E-state index contributed by atoms with van der Waals surface area (Å²) in [7, 11) is 1.64. The molecule has 0 radical (unpaired) electrons. The van der Waals surface area contributed by atoms with E-state index in [1.165, 1.54) is 6.42 Å². The molecule has 1 amide bonds. The van der Waals surface area contributed by atoms with E-state index in [2.05, 4.69) is 6.92 Å². The third-order valence-electron chi connectivity index (χ3n) is 3.51. The lowest BCUT2D eigenvalue weighted by molar-refractivity contribution is -0.127. The molecule has 0 unspecified atom stereocenters. The van der Waals surface area contributed by atoms with E-state index >= 15 is 0 Å². The molecule has 2 rings (SSSR count). The van der Waals surface area contributed by atoms with Gasteiger partial charge >= 0.3 is 0 Å². The van der Waals surface area contributed by atoms with Crippen molar-refractivity contribution >= 4 is 12.0 Å². The maximum Gasteiger partial charge on any atom is 0.246 e. The Hall–Kier alpha value is -1.77. The van der Waals surface area contributed by atoms with Gasteiger partial charge in [-0.3, -0.25) is 4.79 Å². The van der Waals surface area contributed by atoms with Crippen LogP contribution in [0.3, 0.4) is 0 Å². The molecule has 19 heavy (non-hydrogen) atoms. The lowest BCUT2D eigenvalue weighted by Gasteiger charge is -2.30. The van der Waals surface area contributed by atoms with Gasteiger partial charge in [-0.15, -0.1) is 0 Å². The summed E-state index contributed by atoms with van der Waals surface area (Å²) in [4.78, 5) is 14.0. The van der Waals surface area contributed by atoms with E-state index in [0.717, 1.165) is 30.8 Å². The van der Waals surface area contributed by atoms with Crippen LogP contribution < -0.4 is 4.74 Å². The number of carbonyl (C=O) groups is 1. The van der Waals surface area contributed by atoms with Gasteiger partial charge in [0.15, 0.2) is 0 Å². The van der Waals surface area contributed by atoms with Crippen LogP contribution in [0.15, 0.2) is 30.3 Å². The van der Waals surface area contributed by atoms with Crippen molar-refractivity contribution in [3.63, 3.8) is 0 Å². The number of hydrogen-bond donors (Lipinski definition) is 0. The average molecular weight is 259 g/mol. The number of hydrogen-bond acceptors (Lipinski definition) is 2. The fourth-order valence-electron chi connectivity index (χ4n) is 2.46. The monoisotopic (exact) mass is 259 g/mol. The molecular weight excluding hydrogens is 238 g/mol. The Bertz CT molecular complexity index is 468. The third kappa shape index (κ3) is 3.60. The van der Waals surface area contributed by atoms with Gasteiger partial charge in [0.1, 0.15) is 5.75 Å². The molecule has 1 aromatic rings. The van der Waals surface area contributed by atoms with E-state index in [-0.39, 0.29) is 5.91 Å². The zero-order valence-corrected chi connectivity index (χ0v) is 11.6. The van der Waals surface area contributed by atoms with Crippen molar-refractivity contribution in [3.8, 4) is 5.75 Å². The molecular formula is C16H21NO2. The van der Waals surface area contributed by atoms with E-state index in [1.807, 2.05) is 35.2 Å². The summed E-state index contributed by atoms with van der Waals surface area (Å²) >= 11 is 0. The van der Waals surface area contributed by atoms with Crippen LogP contribution >= 0.6 is 0 Å². The average Bonchev–Trinajstić information content (AvgIpc) is 2.45. The minimum atomic E-state index is 0.0949. The Kier molecular flexibility index (Phi) is 4.61. The number of benzene rings is 1. The Morgan fingerprint density at radius 3 is 2.95 bits per heavy atom. The highest BCUT2D eigenvalue weighted by Crippen LogP contribution is 2.20. The number of carbonyl (C=O) groups excluding carboxylic acids is 1. The van der Waals surface area contributed by atoms with Crippen LogP contribution in [-0.4, -0.2) is 31.0 Å². The highest BCUT2D eigenvalue weighted by Gasteiger charge is 2.18. The van der Waals surface area contributed by atoms with Gasteiger partial charge in [-0.1, -0.05) is 25.1 Å². The molecule has 1 atom stereocenters. The largest absolute Gasteiger partial charge is 0.496 e. The maximum absolute atomic E-state index is 12.1. The summed E-state index contributed by atoms with van der Waals surface area (Å²) < 4.78 is 5.26. The molecule has 3 nitrogen and oxygen atoms in total. The zero-order valence-electron chi connectivity index (χ0n) is 11.6. The Morgan fingerprint density at radius 1 is 1.42 bits per heavy atom. The Balaban J connectivity index is 2.03. The third-order valence-corrected chi connectivity index (χ3v) is 3.51. The molecule has 1 heterocycles. The molecule has 0 aliphatic carbocycles. The highest BCUT2D eigenvalue weighted by atomic mass is 16.5. The predicted octanol–water partition coefficient (Wildman–Crippen LogP) is 2.97. The molecule has 1 fully saturated rings. The topological polar surface area (TPSA) is 29.5 Å². The fraction of sp³-hybridized carbons (Fsp3) is 0.438. The van der Waals surface area contributed by atoms with Gasteiger partial charge in [-0.25, -0.2) is 0 Å². The van der Waals surface area contributed by atoms with Crippen LogP contribution in [0.4, 0.5) is 0 Å². The summed E-state index contributed by atoms with van der Waals surface area (Å²) in [6.07, 6.45) is 5.81. The number of rotatable bonds is 3. The van der Waals surface area contributed by atoms with Crippen molar-refractivity contribution in [2.45, 2.75) is 19.8 Å². The van der Waals surface area contributed by atoms with E-state index in [9.17, 15) is 4.79 Å². The van der Waals surface area contributed by atoms with E-state index in [0.29, 0.717) is 5.92 Å². The van der Waals surface area contributed by atoms with Crippen molar-refractivity contribution < 1.29 is 9.53 Å². The molecule has 0 N–H and O–H groups in total. The number of methoxy groups -OCH3 is 1. The Labute approximate surface area is 114 Å². The Morgan fingerprint density at radius 2 is 2.21 bits per heavy atom. The van der Waals surface area contributed by atoms with E-state index in [1.54, 1.807) is 13.2 Å². The minimum Gasteiger partial charge on any atom is -0.496 e. The summed E-state index contributed by atoms with van der Waals surface area (Å²) in [5.74, 6) is 1.49. The van der Waals surface area contributed by atoms with Gasteiger partial charge in [-0.2, -0.15) is 0 Å². The van der Waals surface area contributed by atoms with Gasteiger partial charge in [0, 0.05) is 24.7 Å². The predicted molar refractivity (Wildman–Crippen MR) is 77.0 cm³/mol. The first-order valence-corrected chi connectivity index (χ1v) is 6.80. The molecule has 1 aliphatic heterocycles. The molecule has 0 aromatic heterocycles. The van der Waals surface area contributed by atoms with Crippen molar-refractivity contribution in [1.29, 1.82) is 0 Å². The second-order valence-electron chi connectivity index (χ2n) is 5.11. The van der Waals surface area contributed by atoms with Crippen LogP contribution in [0.25, 0.3) is 6.08 Å². The molecule has 0 saturated carbocycles. The second kappa shape index (κ2) is 6.41. The number of likely N-dealkylation sites (tertiary alicyclic amines) is 1. The van der Waals surface area contributed by atoms with Gasteiger partial charge < -0.3 is 9.64 Å². The van der Waals surface area contributed by atoms with Crippen LogP contribution in [-0.2, 0) is 4.79 Å². The van der Waals surface area contributed by atoms with Crippen LogP contribution in [0, 0.1) is 5.92 Å². The first-order chi connectivity index (χ1) is 9.20. The van der Waals surface area contributed by atoms with E-state index < -0.39 is 0 Å². The van der Waals surface area contributed by atoms with Crippen LogP contribution in [0.1, 0.15) is 25.3 Å². The molecule has 3 heteroatoms. The summed E-state index contributed by atoms with van der Waals surface area (Å²) in [6, 6.07) is 7.70. The number of piperidine rings is 1. The highest BCUT2D eigenvalue weighted by molar-refractivity contribution is 5.92. The molecule has 1 aliphatic rings. The molecule has 1 saturated heterocycles. The smallest absolute Gasteiger partial charge is 0.246 e. The van der Waals surface area contributed by atoms with Crippen molar-refractivity contribution in [2.24, 2.45) is 5.92 Å². The number of ether oxygens (including phenoxy) is 1. The number of para-hydroxylation sites is 1. The summed E-state index contributed by atoms with van der Waals surface area (Å²) in [5, 5.41) is 0. The van der Waals surface area contributed by atoms with E-state index in [4.69, 9.17) is 4.74 Å². The zero-order chi connectivity index (χ0) is 13.7. The minimum absolute atomic E-state index is 0.0949. The standard InChI is InChI=1S/C16H21NO2/c1-13-6-5-11-17(12-13)16(18)10-9-14-7-3-4-8-15(14)19-2/h3-4,7-10,13H,5-6,11-12H2,1-2H3/b10-9+/t13-/m0/s1. The molecule has 0 spiro atoms. The fourth-order valence-corrected chi connectivity index (χ4v) is 2.46. The molecule has 0 bridgehead atoms. The first-order valence-electron chi connectivity index (χ1n) is 6.80. The summed E-state index contributed by atoms with van der Waals surface area (Å²) in [6.45, 7) is 3.94. The second-order valence-corrected chi connectivity index (χ2v) is 5.11. The lowest BCUT2D eigenvalue weighted by atomic mass is 10.0.